The molecular formula is C22H23F3N2O2. The molecule has 2 aliphatic rings. The number of ketones is 1. The van der Waals surface area contributed by atoms with Crippen molar-refractivity contribution in [2.75, 3.05) is 13.1 Å². The lowest BCUT2D eigenvalue weighted by Gasteiger charge is -2.38. The molecule has 1 heterocycles. The molecular weight excluding hydrogens is 381 g/mol. The summed E-state index contributed by atoms with van der Waals surface area (Å²) in [5.74, 6) is -0.221. The van der Waals surface area contributed by atoms with E-state index in [1.54, 1.807) is 11.0 Å². The fourth-order valence-electron chi connectivity index (χ4n) is 4.47. The van der Waals surface area contributed by atoms with Crippen LogP contribution in [0.4, 0.5) is 13.2 Å². The van der Waals surface area contributed by atoms with Gasteiger partial charge in [0.2, 0.25) is 5.91 Å². The molecule has 1 aromatic carbocycles. The van der Waals surface area contributed by atoms with Crippen molar-refractivity contribution in [2.45, 2.75) is 45.7 Å². The molecule has 4 nitrogen and oxygen atoms in total. The number of rotatable bonds is 3. The molecule has 1 aliphatic heterocycles. The Labute approximate surface area is 168 Å². The van der Waals surface area contributed by atoms with Crippen molar-refractivity contribution in [1.82, 2.24) is 4.90 Å². The maximum Gasteiger partial charge on any atom is 0.416 e. The number of hydrogen-bond donors (Lipinski definition) is 0. The molecule has 3 rings (SSSR count). The standard InChI is InChI=1S/C22H23F3N2O2/c1-20(2)13-21(11-16(12-26)19(20)29)9-10-27(14-21)18(28)8-5-15-3-6-17(7-4-15)22(23,24)25/h3-4,6-7,11H,5,8-10,13-14H2,1-2H3/t21-/m1/s1. The van der Waals surface area contributed by atoms with Crippen LogP contribution < -0.4 is 0 Å². The molecule has 1 fully saturated rings. The second kappa shape index (κ2) is 7.33. The van der Waals surface area contributed by atoms with Gasteiger partial charge in [-0.2, -0.15) is 18.4 Å². The van der Waals surface area contributed by atoms with Gasteiger partial charge < -0.3 is 4.90 Å². The van der Waals surface area contributed by atoms with E-state index in [0.717, 1.165) is 12.1 Å². The van der Waals surface area contributed by atoms with E-state index in [4.69, 9.17) is 0 Å². The SMILES string of the molecule is CC1(C)C[C@]2(C=C(C#N)C1=O)CCN(C(=O)CCc1ccc(C(F)(F)F)cc1)C2. The Kier molecular flexibility index (Phi) is 5.33. The number of amides is 1. The monoisotopic (exact) mass is 404 g/mol. The lowest BCUT2D eigenvalue weighted by atomic mass is 9.64. The fraction of sp³-hybridized carbons (Fsp3) is 0.500. The zero-order valence-corrected chi connectivity index (χ0v) is 16.5. The lowest BCUT2D eigenvalue weighted by molar-refractivity contribution is -0.137. The van der Waals surface area contributed by atoms with Crippen molar-refractivity contribution in [2.24, 2.45) is 10.8 Å². The van der Waals surface area contributed by atoms with Crippen molar-refractivity contribution in [3.63, 3.8) is 0 Å². The predicted octanol–water partition coefficient (Wildman–Crippen LogP) is 4.31. The van der Waals surface area contributed by atoms with Gasteiger partial charge in [-0.3, -0.25) is 9.59 Å². The smallest absolute Gasteiger partial charge is 0.342 e. The Balaban J connectivity index is 1.63. The van der Waals surface area contributed by atoms with E-state index in [9.17, 15) is 28.0 Å². The summed E-state index contributed by atoms with van der Waals surface area (Å²) in [6.45, 7) is 4.67. The van der Waals surface area contributed by atoms with Gasteiger partial charge in [-0.25, -0.2) is 0 Å². The van der Waals surface area contributed by atoms with Crippen LogP contribution in [-0.4, -0.2) is 29.7 Å². The Morgan fingerprint density at radius 3 is 2.48 bits per heavy atom. The molecule has 0 radical (unpaired) electrons. The summed E-state index contributed by atoms with van der Waals surface area (Å²) < 4.78 is 37.9. The highest BCUT2D eigenvalue weighted by Gasteiger charge is 2.48. The maximum atomic E-state index is 12.6. The largest absolute Gasteiger partial charge is 0.416 e. The molecule has 1 aromatic rings. The minimum atomic E-state index is -4.37. The zero-order valence-electron chi connectivity index (χ0n) is 16.5. The van der Waals surface area contributed by atoms with Gasteiger partial charge in [0, 0.05) is 30.3 Å². The number of benzene rings is 1. The Morgan fingerprint density at radius 1 is 1.24 bits per heavy atom. The number of carbonyl (C=O) groups excluding carboxylic acids is 2. The molecule has 29 heavy (non-hydrogen) atoms. The van der Waals surface area contributed by atoms with Crippen molar-refractivity contribution >= 4 is 11.7 Å². The molecule has 1 aliphatic carbocycles. The predicted molar refractivity (Wildman–Crippen MR) is 100 cm³/mol. The normalized spacial score (nSPS) is 23.8. The second-order valence-corrected chi connectivity index (χ2v) is 8.68. The van der Waals surface area contributed by atoms with Crippen LogP contribution in [0, 0.1) is 22.2 Å². The van der Waals surface area contributed by atoms with Crippen LogP contribution in [0.1, 0.15) is 44.2 Å². The first-order valence-electron chi connectivity index (χ1n) is 9.57. The van der Waals surface area contributed by atoms with Gasteiger partial charge in [0.15, 0.2) is 5.78 Å². The Hall–Kier alpha value is -2.62. The number of Topliss-reactive ketones (excluding diaryl/α,β-unsaturated/α-hetero) is 1. The first-order valence-corrected chi connectivity index (χ1v) is 9.57. The average Bonchev–Trinajstić information content (AvgIpc) is 3.05. The van der Waals surface area contributed by atoms with Gasteiger partial charge in [-0.05, 0) is 37.0 Å². The molecule has 7 heteroatoms. The lowest BCUT2D eigenvalue weighted by Crippen LogP contribution is -2.40. The molecule has 0 unspecified atom stereocenters. The highest BCUT2D eigenvalue weighted by Crippen LogP contribution is 2.48. The number of nitrogens with zero attached hydrogens (tertiary/aromatic N) is 2. The Bertz CT molecular complexity index is 894. The quantitative estimate of drug-likeness (QED) is 0.754. The third-order valence-corrected chi connectivity index (χ3v) is 5.87. The molecule has 154 valence electrons. The summed E-state index contributed by atoms with van der Waals surface area (Å²) in [6.07, 6.45) is -0.775. The van der Waals surface area contributed by atoms with Crippen LogP contribution in [0.2, 0.25) is 0 Å². The van der Waals surface area contributed by atoms with Crippen LogP contribution in [0.25, 0.3) is 0 Å². The van der Waals surface area contributed by atoms with Gasteiger partial charge >= 0.3 is 6.18 Å². The molecule has 0 N–H and O–H groups in total. The summed E-state index contributed by atoms with van der Waals surface area (Å²) in [7, 11) is 0. The highest BCUT2D eigenvalue weighted by atomic mass is 19.4. The minimum absolute atomic E-state index is 0.0663. The molecule has 0 saturated carbocycles. The van der Waals surface area contributed by atoms with Gasteiger partial charge in [0.05, 0.1) is 11.1 Å². The molecule has 1 atom stereocenters. The number of nitriles is 1. The van der Waals surface area contributed by atoms with Crippen LogP contribution in [0.5, 0.6) is 0 Å². The minimum Gasteiger partial charge on any atom is -0.342 e. The fourth-order valence-corrected chi connectivity index (χ4v) is 4.47. The van der Waals surface area contributed by atoms with Crippen molar-refractivity contribution in [1.29, 1.82) is 5.26 Å². The molecule has 0 aromatic heterocycles. The van der Waals surface area contributed by atoms with Gasteiger partial charge in [0.1, 0.15) is 6.07 Å². The summed E-state index contributed by atoms with van der Waals surface area (Å²) in [6, 6.07) is 6.85. The highest BCUT2D eigenvalue weighted by molar-refractivity contribution is 6.03. The topological polar surface area (TPSA) is 61.2 Å². The van der Waals surface area contributed by atoms with E-state index in [0.29, 0.717) is 37.9 Å². The molecule has 1 amide bonds. The summed E-state index contributed by atoms with van der Waals surface area (Å²) >= 11 is 0. The van der Waals surface area contributed by atoms with Crippen LogP contribution >= 0.6 is 0 Å². The summed E-state index contributed by atoms with van der Waals surface area (Å²) in [4.78, 5) is 26.7. The number of aryl methyl sites for hydroxylation is 1. The number of hydrogen-bond acceptors (Lipinski definition) is 3. The first-order chi connectivity index (χ1) is 13.5. The number of halogens is 3. The van der Waals surface area contributed by atoms with E-state index >= 15 is 0 Å². The van der Waals surface area contributed by atoms with Crippen molar-refractivity contribution in [3.05, 3.63) is 47.0 Å². The maximum absolute atomic E-state index is 12.6. The van der Waals surface area contributed by atoms with E-state index in [1.165, 1.54) is 12.1 Å². The number of carbonyl (C=O) groups is 2. The van der Waals surface area contributed by atoms with Gasteiger partial charge in [0.25, 0.3) is 0 Å². The van der Waals surface area contributed by atoms with E-state index in [2.05, 4.69) is 0 Å². The van der Waals surface area contributed by atoms with Crippen molar-refractivity contribution in [3.8, 4) is 6.07 Å². The zero-order chi connectivity index (χ0) is 21.4. The van der Waals surface area contributed by atoms with Gasteiger partial charge in [-0.15, -0.1) is 0 Å². The Morgan fingerprint density at radius 2 is 1.90 bits per heavy atom. The van der Waals surface area contributed by atoms with E-state index in [1.807, 2.05) is 19.9 Å². The van der Waals surface area contributed by atoms with Crippen LogP contribution in [-0.2, 0) is 22.2 Å². The first kappa shape index (κ1) is 21.1. The number of likely N-dealkylation sites (tertiary alicyclic amines) is 1. The van der Waals surface area contributed by atoms with Gasteiger partial charge in [-0.1, -0.05) is 32.1 Å². The molecule has 0 bridgehead atoms. The van der Waals surface area contributed by atoms with Crippen LogP contribution in [0.15, 0.2) is 35.9 Å². The third kappa shape index (κ3) is 4.36. The molecule has 1 spiro atoms. The van der Waals surface area contributed by atoms with E-state index in [-0.39, 0.29) is 29.1 Å². The second-order valence-electron chi connectivity index (χ2n) is 8.68. The van der Waals surface area contributed by atoms with E-state index < -0.39 is 17.2 Å². The number of allylic oxidation sites excluding steroid dienone is 1. The summed E-state index contributed by atoms with van der Waals surface area (Å²) in [5.41, 5.74) is -0.869. The average molecular weight is 404 g/mol. The summed E-state index contributed by atoms with van der Waals surface area (Å²) in [5, 5.41) is 9.30. The van der Waals surface area contributed by atoms with Crippen LogP contribution in [0.3, 0.4) is 0 Å². The molecule has 1 saturated heterocycles. The van der Waals surface area contributed by atoms with Crippen molar-refractivity contribution < 1.29 is 22.8 Å². The third-order valence-electron chi connectivity index (χ3n) is 5.87. The number of alkyl halides is 3.